The number of hydrogen-bond donors (Lipinski definition) is 2. The number of nitrogens with one attached hydrogen (secondary N) is 1. The smallest absolute Gasteiger partial charge is 0.214 e. The van der Waals surface area contributed by atoms with Crippen LogP contribution in [0.5, 0.6) is 0 Å². The number of ether oxygens (including phenoxy) is 1. The third kappa shape index (κ3) is 2.57. The Bertz CT molecular complexity index is 306. The van der Waals surface area contributed by atoms with Gasteiger partial charge in [0, 0.05) is 0 Å². The topological polar surface area (TPSA) is 53.3 Å². The molecule has 3 nitrogen and oxygen atoms in total. The molecule has 1 atom stereocenters. The minimum absolute atomic E-state index is 0.101. The molecule has 2 N–H and O–H groups in total. The minimum Gasteiger partial charge on any atom is -0.479 e. The first-order valence-electron chi connectivity index (χ1n) is 4.61. The second-order valence-electron chi connectivity index (χ2n) is 3.11. The molecule has 0 radical (unpaired) electrons. The van der Waals surface area contributed by atoms with E-state index in [1.54, 1.807) is 19.1 Å². The summed E-state index contributed by atoms with van der Waals surface area (Å²) in [5, 5.41) is 17.1. The number of benzene rings is 1. The maximum atomic E-state index is 9.66. The van der Waals surface area contributed by atoms with Crippen LogP contribution in [-0.2, 0) is 4.74 Å². The van der Waals surface area contributed by atoms with Crippen LogP contribution in [0.2, 0.25) is 0 Å². The van der Waals surface area contributed by atoms with Crippen molar-refractivity contribution in [3.63, 3.8) is 0 Å². The molecule has 0 aliphatic heterocycles. The fourth-order valence-corrected chi connectivity index (χ4v) is 1.13. The van der Waals surface area contributed by atoms with Gasteiger partial charge in [0.05, 0.1) is 6.61 Å². The average molecular weight is 193 g/mol. The van der Waals surface area contributed by atoms with Crippen molar-refractivity contribution in [1.29, 1.82) is 5.41 Å². The summed E-state index contributed by atoms with van der Waals surface area (Å²) < 4.78 is 4.92. The van der Waals surface area contributed by atoms with E-state index >= 15 is 0 Å². The molecule has 14 heavy (non-hydrogen) atoms. The first kappa shape index (κ1) is 10.7. The normalized spacial score (nSPS) is 12.2. The van der Waals surface area contributed by atoms with E-state index < -0.39 is 6.10 Å². The number of aliphatic hydroxyl groups excluding tert-OH is 1. The molecule has 1 aromatic carbocycles. The third-order valence-corrected chi connectivity index (χ3v) is 1.94. The van der Waals surface area contributed by atoms with Crippen LogP contribution in [0.15, 0.2) is 24.3 Å². The molecule has 0 aromatic heterocycles. The fourth-order valence-electron chi connectivity index (χ4n) is 1.13. The summed E-state index contributed by atoms with van der Waals surface area (Å²) in [6.45, 7) is 4.17. The van der Waals surface area contributed by atoms with Crippen LogP contribution in [0.1, 0.15) is 24.2 Å². The van der Waals surface area contributed by atoms with Crippen molar-refractivity contribution in [3.05, 3.63) is 35.4 Å². The highest BCUT2D eigenvalue weighted by Crippen LogP contribution is 2.15. The third-order valence-electron chi connectivity index (χ3n) is 1.94. The first-order valence-corrected chi connectivity index (χ1v) is 4.61. The number of hydrogen-bond acceptors (Lipinski definition) is 3. The number of rotatable bonds is 3. The molecule has 0 saturated carbocycles. The zero-order valence-electron chi connectivity index (χ0n) is 8.45. The van der Waals surface area contributed by atoms with Crippen LogP contribution >= 0.6 is 0 Å². The van der Waals surface area contributed by atoms with Gasteiger partial charge in [-0.3, -0.25) is 5.41 Å². The van der Waals surface area contributed by atoms with Gasteiger partial charge in [-0.1, -0.05) is 29.8 Å². The van der Waals surface area contributed by atoms with Crippen molar-refractivity contribution in [2.75, 3.05) is 6.61 Å². The van der Waals surface area contributed by atoms with Crippen molar-refractivity contribution in [2.45, 2.75) is 20.0 Å². The summed E-state index contributed by atoms with van der Waals surface area (Å²) in [5.74, 6) is -0.101. The minimum atomic E-state index is -0.949. The van der Waals surface area contributed by atoms with Gasteiger partial charge in [-0.25, -0.2) is 0 Å². The molecule has 1 unspecified atom stereocenters. The molecule has 0 bridgehead atoms. The van der Waals surface area contributed by atoms with E-state index in [0.29, 0.717) is 12.2 Å². The Morgan fingerprint density at radius 1 is 1.43 bits per heavy atom. The Hall–Kier alpha value is -1.35. The second kappa shape index (κ2) is 4.77. The monoisotopic (exact) mass is 193 g/mol. The largest absolute Gasteiger partial charge is 0.479 e. The highest BCUT2D eigenvalue weighted by molar-refractivity contribution is 5.78. The number of aryl methyl sites for hydroxylation is 1. The lowest BCUT2D eigenvalue weighted by Gasteiger charge is -2.12. The van der Waals surface area contributed by atoms with E-state index in [1.165, 1.54) is 0 Å². The predicted molar refractivity (Wildman–Crippen MR) is 55.5 cm³/mol. The molecule has 0 aliphatic carbocycles. The van der Waals surface area contributed by atoms with E-state index in [2.05, 4.69) is 0 Å². The average Bonchev–Trinajstić information content (AvgIpc) is 2.18. The van der Waals surface area contributed by atoms with Gasteiger partial charge in [-0.15, -0.1) is 0 Å². The summed E-state index contributed by atoms with van der Waals surface area (Å²) in [6.07, 6.45) is -0.949. The van der Waals surface area contributed by atoms with Gasteiger partial charge in [0.15, 0.2) is 6.10 Å². The number of aliphatic hydroxyl groups is 1. The van der Waals surface area contributed by atoms with Gasteiger partial charge in [0.25, 0.3) is 0 Å². The molecular formula is C11H15NO2. The molecule has 0 spiro atoms. The zero-order valence-corrected chi connectivity index (χ0v) is 8.45. The lowest BCUT2D eigenvalue weighted by molar-refractivity contribution is 0.190. The van der Waals surface area contributed by atoms with Gasteiger partial charge in [-0.05, 0) is 19.4 Å². The van der Waals surface area contributed by atoms with Crippen molar-refractivity contribution in [1.82, 2.24) is 0 Å². The van der Waals surface area contributed by atoms with E-state index in [4.69, 9.17) is 10.1 Å². The molecule has 1 rings (SSSR count). The lowest BCUT2D eigenvalue weighted by atomic mass is 10.1. The molecule has 0 heterocycles. The molecule has 3 heteroatoms. The molecule has 0 aliphatic rings. The highest BCUT2D eigenvalue weighted by atomic mass is 16.5. The van der Waals surface area contributed by atoms with Crippen LogP contribution in [0.25, 0.3) is 0 Å². The van der Waals surface area contributed by atoms with Gasteiger partial charge >= 0.3 is 0 Å². The van der Waals surface area contributed by atoms with Crippen LogP contribution < -0.4 is 0 Å². The highest BCUT2D eigenvalue weighted by Gasteiger charge is 2.13. The predicted octanol–water partition coefficient (Wildman–Crippen LogP) is 2.04. The zero-order chi connectivity index (χ0) is 10.6. The lowest BCUT2D eigenvalue weighted by Crippen LogP contribution is -2.14. The van der Waals surface area contributed by atoms with Gasteiger partial charge < -0.3 is 9.84 Å². The van der Waals surface area contributed by atoms with Gasteiger partial charge in [0.1, 0.15) is 0 Å². The summed E-state index contributed by atoms with van der Waals surface area (Å²) in [6, 6.07) is 7.40. The molecule has 0 saturated heterocycles. The van der Waals surface area contributed by atoms with Gasteiger partial charge in [0.2, 0.25) is 5.90 Å². The Labute approximate surface area is 83.8 Å². The van der Waals surface area contributed by atoms with Crippen molar-refractivity contribution < 1.29 is 9.84 Å². The first-order chi connectivity index (χ1) is 6.65. The molecular weight excluding hydrogens is 178 g/mol. The van der Waals surface area contributed by atoms with E-state index in [1.807, 2.05) is 19.1 Å². The van der Waals surface area contributed by atoms with Crippen LogP contribution in [0.4, 0.5) is 0 Å². The van der Waals surface area contributed by atoms with Crippen LogP contribution in [0.3, 0.4) is 0 Å². The fraction of sp³-hybridized carbons (Fsp3) is 0.364. The van der Waals surface area contributed by atoms with Crippen LogP contribution in [0, 0.1) is 12.3 Å². The van der Waals surface area contributed by atoms with Crippen molar-refractivity contribution in [3.8, 4) is 0 Å². The maximum Gasteiger partial charge on any atom is 0.214 e. The SMILES string of the molecule is CCOC(=N)C(O)c1ccc(C)cc1. The summed E-state index contributed by atoms with van der Waals surface area (Å²) in [7, 11) is 0. The maximum absolute atomic E-state index is 9.66. The molecule has 0 amide bonds. The van der Waals surface area contributed by atoms with Crippen molar-refractivity contribution in [2.24, 2.45) is 0 Å². The summed E-state index contributed by atoms with van der Waals surface area (Å²) >= 11 is 0. The standard InChI is InChI=1S/C11H15NO2/c1-3-14-11(12)10(13)9-6-4-8(2)5-7-9/h4-7,10,12-13H,3H2,1-2H3. The Morgan fingerprint density at radius 3 is 2.50 bits per heavy atom. The molecule has 1 aromatic rings. The Morgan fingerprint density at radius 2 is 2.00 bits per heavy atom. The van der Waals surface area contributed by atoms with Crippen LogP contribution in [-0.4, -0.2) is 17.6 Å². The Balaban J connectivity index is 2.73. The van der Waals surface area contributed by atoms with E-state index in [-0.39, 0.29) is 5.90 Å². The quantitative estimate of drug-likeness (QED) is 0.570. The van der Waals surface area contributed by atoms with Crippen molar-refractivity contribution >= 4 is 5.90 Å². The summed E-state index contributed by atoms with van der Waals surface area (Å²) in [5.41, 5.74) is 1.82. The Kier molecular flexibility index (Phi) is 3.65. The van der Waals surface area contributed by atoms with E-state index in [0.717, 1.165) is 5.56 Å². The molecule has 76 valence electrons. The van der Waals surface area contributed by atoms with Gasteiger partial charge in [-0.2, -0.15) is 0 Å². The summed E-state index contributed by atoms with van der Waals surface area (Å²) in [4.78, 5) is 0. The second-order valence-corrected chi connectivity index (χ2v) is 3.11. The van der Waals surface area contributed by atoms with E-state index in [9.17, 15) is 5.11 Å². The molecule has 0 fully saturated rings.